The highest BCUT2D eigenvalue weighted by Gasteiger charge is 2.43. The number of hydrogen-bond donors (Lipinski definition) is 2. The number of benzene rings is 1. The van der Waals surface area contributed by atoms with Crippen molar-refractivity contribution in [2.45, 2.75) is 31.8 Å². The van der Waals surface area contributed by atoms with Gasteiger partial charge < -0.3 is 5.73 Å². The molecule has 1 aromatic rings. The second kappa shape index (κ2) is 5.34. The van der Waals surface area contributed by atoms with Gasteiger partial charge in [-0.25, -0.2) is 0 Å². The maximum absolute atomic E-state index is 12.5. The number of hydrogen-bond acceptors (Lipinski definition) is 5. The summed E-state index contributed by atoms with van der Waals surface area (Å²) in [5, 5.41) is 2.22. The van der Waals surface area contributed by atoms with E-state index in [0.717, 1.165) is 10.5 Å². The molecule has 0 aromatic heterocycles. The highest BCUT2D eigenvalue weighted by molar-refractivity contribution is 6.23. The molecule has 7 nitrogen and oxygen atoms in total. The van der Waals surface area contributed by atoms with Crippen LogP contribution in [0.5, 0.6) is 0 Å². The Kier molecular flexibility index (Phi) is 3.50. The summed E-state index contributed by atoms with van der Waals surface area (Å²) >= 11 is 0. The molecule has 1 fully saturated rings. The monoisotopic (exact) mass is 301 g/mol. The van der Waals surface area contributed by atoms with Crippen molar-refractivity contribution in [3.8, 4) is 0 Å². The van der Waals surface area contributed by atoms with Crippen LogP contribution in [0.4, 0.5) is 0 Å². The Morgan fingerprint density at radius 2 is 1.86 bits per heavy atom. The number of rotatable bonds is 2. The SMILES string of the molecule is NCc1ccc2c(c1)C(=O)N([C@H]1CCCC(=O)NC1=O)C2=O. The van der Waals surface area contributed by atoms with Crippen LogP contribution in [-0.2, 0) is 16.1 Å². The molecule has 4 amide bonds. The summed E-state index contributed by atoms with van der Waals surface area (Å²) in [5.74, 6) is -1.99. The van der Waals surface area contributed by atoms with Gasteiger partial charge in [0.25, 0.3) is 11.8 Å². The third kappa shape index (κ3) is 2.19. The van der Waals surface area contributed by atoms with Crippen molar-refractivity contribution in [1.29, 1.82) is 0 Å². The van der Waals surface area contributed by atoms with E-state index in [-0.39, 0.29) is 36.4 Å². The van der Waals surface area contributed by atoms with Crippen LogP contribution in [0.2, 0.25) is 0 Å². The van der Waals surface area contributed by atoms with Crippen LogP contribution in [0.25, 0.3) is 0 Å². The smallest absolute Gasteiger partial charge is 0.262 e. The van der Waals surface area contributed by atoms with Crippen LogP contribution in [0.3, 0.4) is 0 Å². The molecule has 0 spiro atoms. The van der Waals surface area contributed by atoms with Crippen molar-refractivity contribution in [2.24, 2.45) is 5.73 Å². The molecule has 1 saturated heterocycles. The Hall–Kier alpha value is -2.54. The lowest BCUT2D eigenvalue weighted by Gasteiger charge is -2.22. The summed E-state index contributed by atoms with van der Waals surface area (Å²) in [6.45, 7) is 0.257. The van der Waals surface area contributed by atoms with E-state index in [4.69, 9.17) is 5.73 Å². The van der Waals surface area contributed by atoms with Crippen LogP contribution in [0, 0.1) is 0 Å². The zero-order valence-corrected chi connectivity index (χ0v) is 11.8. The first-order chi connectivity index (χ1) is 10.5. The largest absolute Gasteiger partial charge is 0.326 e. The molecule has 1 aromatic carbocycles. The summed E-state index contributed by atoms with van der Waals surface area (Å²) in [7, 11) is 0. The molecular weight excluding hydrogens is 286 g/mol. The van der Waals surface area contributed by atoms with Crippen LogP contribution >= 0.6 is 0 Å². The topological polar surface area (TPSA) is 110 Å². The van der Waals surface area contributed by atoms with Gasteiger partial charge in [-0.05, 0) is 30.5 Å². The summed E-state index contributed by atoms with van der Waals surface area (Å²) in [4.78, 5) is 49.4. The lowest BCUT2D eigenvalue weighted by molar-refractivity contribution is -0.131. The Morgan fingerprint density at radius 3 is 2.59 bits per heavy atom. The summed E-state index contributed by atoms with van der Waals surface area (Å²) in [6.07, 6.45) is 0.944. The zero-order valence-electron chi connectivity index (χ0n) is 11.8. The van der Waals surface area contributed by atoms with Crippen LogP contribution in [0.15, 0.2) is 18.2 Å². The van der Waals surface area contributed by atoms with Crippen molar-refractivity contribution < 1.29 is 19.2 Å². The molecule has 7 heteroatoms. The van der Waals surface area contributed by atoms with E-state index < -0.39 is 23.8 Å². The van der Waals surface area contributed by atoms with E-state index in [2.05, 4.69) is 5.32 Å². The highest BCUT2D eigenvalue weighted by Crippen LogP contribution is 2.28. The second-order valence-electron chi connectivity index (χ2n) is 5.38. The molecule has 0 unspecified atom stereocenters. The molecule has 0 bridgehead atoms. The maximum Gasteiger partial charge on any atom is 0.262 e. The van der Waals surface area contributed by atoms with Gasteiger partial charge in [0.05, 0.1) is 11.1 Å². The number of nitrogens with two attached hydrogens (primary N) is 1. The molecule has 2 heterocycles. The molecule has 3 rings (SSSR count). The van der Waals surface area contributed by atoms with Crippen LogP contribution < -0.4 is 11.1 Å². The van der Waals surface area contributed by atoms with E-state index in [0.29, 0.717) is 6.42 Å². The lowest BCUT2D eigenvalue weighted by atomic mass is 10.1. The van der Waals surface area contributed by atoms with Gasteiger partial charge in [0.2, 0.25) is 11.8 Å². The van der Waals surface area contributed by atoms with E-state index >= 15 is 0 Å². The van der Waals surface area contributed by atoms with Gasteiger partial charge in [0.1, 0.15) is 6.04 Å². The number of amides is 4. The molecule has 1 atom stereocenters. The van der Waals surface area contributed by atoms with Gasteiger partial charge in [0, 0.05) is 13.0 Å². The minimum absolute atomic E-state index is 0.211. The normalized spacial score (nSPS) is 21.7. The zero-order chi connectivity index (χ0) is 15.9. The Labute approximate surface area is 126 Å². The number of carbonyl (C=O) groups is 4. The fourth-order valence-corrected chi connectivity index (χ4v) is 2.83. The van der Waals surface area contributed by atoms with Crippen LogP contribution in [0.1, 0.15) is 45.5 Å². The second-order valence-corrected chi connectivity index (χ2v) is 5.38. The summed E-state index contributed by atoms with van der Waals surface area (Å²) < 4.78 is 0. The Bertz CT molecular complexity index is 698. The van der Waals surface area contributed by atoms with Crippen molar-refractivity contribution >= 4 is 23.6 Å². The number of carbonyl (C=O) groups excluding carboxylic acids is 4. The van der Waals surface area contributed by atoms with Gasteiger partial charge in [-0.15, -0.1) is 0 Å². The van der Waals surface area contributed by atoms with Crippen molar-refractivity contribution in [3.63, 3.8) is 0 Å². The molecule has 0 saturated carbocycles. The minimum atomic E-state index is -0.944. The average molecular weight is 301 g/mol. The molecule has 114 valence electrons. The van der Waals surface area contributed by atoms with Gasteiger partial charge >= 0.3 is 0 Å². The number of imide groups is 2. The molecule has 0 radical (unpaired) electrons. The molecule has 3 N–H and O–H groups in total. The first-order valence-electron chi connectivity index (χ1n) is 7.07. The van der Waals surface area contributed by atoms with Crippen molar-refractivity contribution in [3.05, 3.63) is 34.9 Å². The van der Waals surface area contributed by atoms with E-state index in [9.17, 15) is 19.2 Å². The summed E-state index contributed by atoms with van der Waals surface area (Å²) in [6, 6.07) is 3.87. The Balaban J connectivity index is 1.96. The van der Waals surface area contributed by atoms with E-state index in [1.54, 1.807) is 18.2 Å². The molecule has 2 aliphatic heterocycles. The number of nitrogens with one attached hydrogen (secondary N) is 1. The van der Waals surface area contributed by atoms with E-state index in [1.165, 1.54) is 0 Å². The standard InChI is InChI=1S/C15H15N3O4/c16-7-8-4-5-9-10(6-8)15(22)18(14(9)21)11-2-1-3-12(19)17-13(11)20/h4-6,11H,1-3,7,16H2,(H,17,19,20)/t11-/m0/s1. The van der Waals surface area contributed by atoms with Crippen LogP contribution in [-0.4, -0.2) is 34.6 Å². The quantitative estimate of drug-likeness (QED) is 0.743. The number of fused-ring (bicyclic) bond motifs is 1. The van der Waals surface area contributed by atoms with E-state index in [1.807, 2.05) is 0 Å². The van der Waals surface area contributed by atoms with Gasteiger partial charge in [0.15, 0.2) is 0 Å². The lowest BCUT2D eigenvalue weighted by Crippen LogP contribution is -2.49. The van der Waals surface area contributed by atoms with Gasteiger partial charge in [-0.3, -0.25) is 29.4 Å². The predicted molar refractivity (Wildman–Crippen MR) is 75.6 cm³/mol. The average Bonchev–Trinajstić information content (AvgIpc) is 2.63. The third-order valence-corrected chi connectivity index (χ3v) is 3.98. The van der Waals surface area contributed by atoms with Crippen molar-refractivity contribution in [2.75, 3.05) is 0 Å². The minimum Gasteiger partial charge on any atom is -0.326 e. The molecule has 22 heavy (non-hydrogen) atoms. The van der Waals surface area contributed by atoms with Crippen molar-refractivity contribution in [1.82, 2.24) is 10.2 Å². The molecule has 2 aliphatic rings. The number of nitrogens with zero attached hydrogens (tertiary/aromatic N) is 1. The highest BCUT2D eigenvalue weighted by atomic mass is 16.2. The third-order valence-electron chi connectivity index (χ3n) is 3.98. The predicted octanol–water partition coefficient (Wildman–Crippen LogP) is -0.0634. The Morgan fingerprint density at radius 1 is 1.14 bits per heavy atom. The first kappa shape index (κ1) is 14.4. The molecule has 0 aliphatic carbocycles. The van der Waals surface area contributed by atoms with Gasteiger partial charge in [-0.2, -0.15) is 0 Å². The molecular formula is C15H15N3O4. The first-order valence-corrected chi connectivity index (χ1v) is 7.07. The maximum atomic E-state index is 12.5. The fraction of sp³-hybridized carbons (Fsp3) is 0.333. The van der Waals surface area contributed by atoms with Gasteiger partial charge in [-0.1, -0.05) is 6.07 Å². The summed E-state index contributed by atoms with van der Waals surface area (Å²) in [5.41, 5.74) is 6.82. The fourth-order valence-electron chi connectivity index (χ4n) is 2.83.